The molecule has 1 fully saturated rings. The van der Waals surface area contributed by atoms with Crippen molar-refractivity contribution in [2.24, 2.45) is 0 Å². The zero-order chi connectivity index (χ0) is 17.0. The van der Waals surface area contributed by atoms with Crippen LogP contribution in [0.5, 0.6) is 5.75 Å². The lowest BCUT2D eigenvalue weighted by molar-refractivity contribution is -0.0277. The number of likely N-dealkylation sites (tertiary alicyclic amines) is 1. The minimum atomic E-state index is -0.814. The Kier molecular flexibility index (Phi) is 5.44. The molecule has 0 radical (unpaired) electrons. The predicted octanol–water partition coefficient (Wildman–Crippen LogP) is 4.01. The van der Waals surface area contributed by atoms with Crippen molar-refractivity contribution in [2.75, 3.05) is 26.2 Å². The van der Waals surface area contributed by atoms with Crippen molar-refractivity contribution in [2.45, 2.75) is 25.4 Å². The quantitative estimate of drug-likeness (QED) is 0.888. The van der Waals surface area contributed by atoms with Gasteiger partial charge in [-0.25, -0.2) is 0 Å². The van der Waals surface area contributed by atoms with Crippen molar-refractivity contribution in [3.8, 4) is 5.75 Å². The molecule has 1 aliphatic rings. The maximum absolute atomic E-state index is 10.9. The number of ether oxygens (including phenoxy) is 1. The molecule has 3 rings (SSSR count). The van der Waals surface area contributed by atoms with E-state index in [4.69, 9.17) is 16.3 Å². The third-order valence-electron chi connectivity index (χ3n) is 4.82. The van der Waals surface area contributed by atoms with Gasteiger partial charge in [0, 0.05) is 30.2 Å². The Morgan fingerprint density at radius 1 is 1.08 bits per heavy atom. The average Bonchev–Trinajstić information content (AvgIpc) is 2.59. The number of benzene rings is 2. The van der Waals surface area contributed by atoms with E-state index in [9.17, 15) is 5.11 Å². The Balaban J connectivity index is 1.50. The number of aliphatic hydroxyl groups is 1. The number of hydrogen-bond donors (Lipinski definition) is 1. The van der Waals surface area contributed by atoms with Crippen LogP contribution < -0.4 is 4.74 Å². The first-order valence-corrected chi connectivity index (χ1v) is 8.84. The van der Waals surface area contributed by atoms with Crippen LogP contribution in [0.2, 0.25) is 5.02 Å². The number of nitrogens with zero attached hydrogens (tertiary/aromatic N) is 1. The van der Waals surface area contributed by atoms with Crippen LogP contribution in [0.1, 0.15) is 24.0 Å². The van der Waals surface area contributed by atoms with E-state index in [1.165, 1.54) is 0 Å². The number of hydrogen-bond acceptors (Lipinski definition) is 3. The van der Waals surface area contributed by atoms with E-state index in [1.807, 2.05) is 42.5 Å². The molecule has 3 nitrogen and oxygen atoms in total. The summed E-state index contributed by atoms with van der Waals surface area (Å²) in [7, 11) is 0. The molecule has 0 spiro atoms. The van der Waals surface area contributed by atoms with E-state index in [0.29, 0.717) is 24.5 Å². The molecule has 0 unspecified atom stereocenters. The average molecular weight is 346 g/mol. The fourth-order valence-electron chi connectivity index (χ4n) is 3.26. The van der Waals surface area contributed by atoms with Gasteiger partial charge in [-0.15, -0.1) is 0 Å². The highest BCUT2D eigenvalue weighted by Gasteiger charge is 2.35. The Labute approximate surface area is 148 Å². The predicted molar refractivity (Wildman–Crippen MR) is 97.7 cm³/mol. The molecular weight excluding hydrogens is 322 g/mol. The van der Waals surface area contributed by atoms with Crippen LogP contribution >= 0.6 is 11.6 Å². The molecule has 0 atom stereocenters. The van der Waals surface area contributed by atoms with E-state index in [1.54, 1.807) is 0 Å². The van der Waals surface area contributed by atoms with Crippen molar-refractivity contribution in [3.63, 3.8) is 0 Å². The van der Waals surface area contributed by atoms with Crippen molar-refractivity contribution in [1.29, 1.82) is 0 Å². The number of rotatable bonds is 5. The van der Waals surface area contributed by atoms with E-state index in [-0.39, 0.29) is 0 Å². The van der Waals surface area contributed by atoms with Gasteiger partial charge in [-0.3, -0.25) is 4.90 Å². The van der Waals surface area contributed by atoms with Crippen molar-refractivity contribution >= 4 is 11.6 Å². The molecule has 2 aromatic rings. The minimum absolute atomic E-state index is 0.649. The number of halogens is 1. The maximum atomic E-state index is 10.9. The van der Waals surface area contributed by atoms with Crippen molar-refractivity contribution < 1.29 is 9.84 Å². The molecule has 1 saturated heterocycles. The van der Waals surface area contributed by atoms with Crippen molar-refractivity contribution in [1.82, 2.24) is 4.90 Å². The third kappa shape index (κ3) is 3.92. The Morgan fingerprint density at radius 3 is 2.46 bits per heavy atom. The van der Waals surface area contributed by atoms with Crippen LogP contribution in [0.15, 0.2) is 48.5 Å². The highest BCUT2D eigenvalue weighted by Crippen LogP contribution is 2.36. The monoisotopic (exact) mass is 345 g/mol. The fraction of sp³-hybridized carbons (Fsp3) is 0.400. The van der Waals surface area contributed by atoms with Gasteiger partial charge in [0.2, 0.25) is 0 Å². The summed E-state index contributed by atoms with van der Waals surface area (Å²) in [5.74, 6) is 0.946. The summed E-state index contributed by atoms with van der Waals surface area (Å²) in [6.07, 6.45) is 1.39. The first-order valence-electron chi connectivity index (χ1n) is 8.47. The molecular formula is C20H24ClNO2. The standard InChI is InChI=1S/C20H24ClNO2/c1-16-6-2-5-9-19(16)24-15-14-22-12-10-20(23,11-13-22)17-7-3-4-8-18(17)21/h2-9,23H,10-15H2,1H3. The summed E-state index contributed by atoms with van der Waals surface area (Å²) in [5.41, 5.74) is 1.19. The molecule has 0 saturated carbocycles. The molecule has 2 aromatic carbocycles. The van der Waals surface area contributed by atoms with Crippen LogP contribution in [0.4, 0.5) is 0 Å². The fourth-order valence-corrected chi connectivity index (χ4v) is 3.57. The van der Waals surface area contributed by atoms with Gasteiger partial charge in [0.1, 0.15) is 12.4 Å². The van der Waals surface area contributed by atoms with Crippen LogP contribution in [0, 0.1) is 6.92 Å². The SMILES string of the molecule is Cc1ccccc1OCCN1CCC(O)(c2ccccc2Cl)CC1. The van der Waals surface area contributed by atoms with E-state index in [2.05, 4.69) is 17.9 Å². The van der Waals surface area contributed by atoms with Gasteiger partial charge < -0.3 is 9.84 Å². The molecule has 0 aromatic heterocycles. The highest BCUT2D eigenvalue weighted by atomic mass is 35.5. The number of aryl methyl sites for hydroxylation is 1. The maximum Gasteiger partial charge on any atom is 0.122 e. The van der Waals surface area contributed by atoms with Gasteiger partial charge in [-0.1, -0.05) is 48.0 Å². The summed E-state index contributed by atoms with van der Waals surface area (Å²) >= 11 is 6.26. The van der Waals surface area contributed by atoms with Gasteiger partial charge >= 0.3 is 0 Å². The summed E-state index contributed by atoms with van der Waals surface area (Å²) in [4.78, 5) is 2.34. The first kappa shape index (κ1) is 17.3. The lowest BCUT2D eigenvalue weighted by atomic mass is 9.84. The molecule has 1 N–H and O–H groups in total. The van der Waals surface area contributed by atoms with Gasteiger partial charge in [0.15, 0.2) is 0 Å². The molecule has 0 bridgehead atoms. The zero-order valence-corrected chi connectivity index (χ0v) is 14.8. The molecule has 128 valence electrons. The molecule has 1 aliphatic heterocycles. The second-order valence-electron chi connectivity index (χ2n) is 6.47. The molecule has 24 heavy (non-hydrogen) atoms. The molecule has 1 heterocycles. The van der Waals surface area contributed by atoms with Crippen LogP contribution in [0.3, 0.4) is 0 Å². The van der Waals surface area contributed by atoms with Gasteiger partial charge in [-0.05, 0) is 37.5 Å². The number of para-hydroxylation sites is 1. The Bertz CT molecular complexity index is 681. The van der Waals surface area contributed by atoms with Gasteiger partial charge in [0.05, 0.1) is 5.60 Å². The smallest absolute Gasteiger partial charge is 0.122 e. The van der Waals surface area contributed by atoms with Gasteiger partial charge in [-0.2, -0.15) is 0 Å². The minimum Gasteiger partial charge on any atom is -0.492 e. The van der Waals surface area contributed by atoms with E-state index < -0.39 is 5.60 Å². The molecule has 4 heteroatoms. The topological polar surface area (TPSA) is 32.7 Å². The highest BCUT2D eigenvalue weighted by molar-refractivity contribution is 6.31. The summed E-state index contributed by atoms with van der Waals surface area (Å²) < 4.78 is 5.87. The Morgan fingerprint density at radius 2 is 1.75 bits per heavy atom. The number of piperidine rings is 1. The second kappa shape index (κ2) is 7.56. The zero-order valence-electron chi connectivity index (χ0n) is 14.0. The largest absolute Gasteiger partial charge is 0.492 e. The molecule has 0 aliphatic carbocycles. The Hall–Kier alpha value is -1.55. The summed E-state index contributed by atoms with van der Waals surface area (Å²) in [5, 5.41) is 11.6. The lowest BCUT2D eigenvalue weighted by Gasteiger charge is -2.38. The van der Waals surface area contributed by atoms with Crippen LogP contribution in [-0.4, -0.2) is 36.2 Å². The van der Waals surface area contributed by atoms with Crippen LogP contribution in [-0.2, 0) is 5.60 Å². The van der Waals surface area contributed by atoms with Gasteiger partial charge in [0.25, 0.3) is 0 Å². The van der Waals surface area contributed by atoms with E-state index in [0.717, 1.165) is 36.5 Å². The summed E-state index contributed by atoms with van der Waals surface area (Å²) in [6, 6.07) is 15.7. The third-order valence-corrected chi connectivity index (χ3v) is 5.15. The second-order valence-corrected chi connectivity index (χ2v) is 6.87. The van der Waals surface area contributed by atoms with Crippen molar-refractivity contribution in [3.05, 3.63) is 64.7 Å². The first-order chi connectivity index (χ1) is 11.6. The summed E-state index contributed by atoms with van der Waals surface area (Å²) in [6.45, 7) is 5.28. The van der Waals surface area contributed by atoms with Crippen LogP contribution in [0.25, 0.3) is 0 Å². The normalized spacial score (nSPS) is 17.6. The lowest BCUT2D eigenvalue weighted by Crippen LogP contribution is -2.44. The molecule has 0 amide bonds. The van der Waals surface area contributed by atoms with E-state index >= 15 is 0 Å².